The maximum Gasteiger partial charge on any atom is 0.374 e. The highest BCUT2D eigenvalue weighted by molar-refractivity contribution is 6.00. The molecule has 0 unspecified atom stereocenters. The summed E-state index contributed by atoms with van der Waals surface area (Å²) in [6.45, 7) is 2.09. The van der Waals surface area contributed by atoms with Gasteiger partial charge in [-0.15, -0.1) is 0 Å². The SMILES string of the molecule is CO[C@@H](C)COC(=O)c1cc2cc(NC(=O)[C@@H]3[C@H](C4CCCCC4)CCN3C(=O)C3CCC([C@H](N)CCF)CC3)ccc2o1. The van der Waals surface area contributed by atoms with E-state index in [9.17, 15) is 18.8 Å². The standard InChI is InChI=1S/C34H48FN3O6/c1-21(42-2)20-43-34(41)30-19-25-18-26(12-13-29(25)44-30)37-32(39)31-27(22-6-4-3-5-7-22)15-17-38(31)33(40)24-10-8-23(9-11-24)28(36)14-16-35/h12-13,18-19,21-24,27-28,31H,3-11,14-17,20,36H2,1-2H3,(H,37,39)/t21-,23?,24?,27-,28+,31-/m0/s1. The Labute approximate surface area is 259 Å². The van der Waals surface area contributed by atoms with Gasteiger partial charge in [0.2, 0.25) is 17.6 Å². The molecule has 0 spiro atoms. The van der Waals surface area contributed by atoms with Crippen molar-refractivity contribution >= 4 is 34.4 Å². The summed E-state index contributed by atoms with van der Waals surface area (Å²) in [4.78, 5) is 42.3. The van der Waals surface area contributed by atoms with E-state index in [1.807, 2.05) is 4.90 Å². The number of carbonyl (C=O) groups excluding carboxylic acids is 3. The number of carbonyl (C=O) groups is 3. The van der Waals surface area contributed by atoms with Gasteiger partial charge in [0.25, 0.3) is 0 Å². The molecule has 2 saturated carbocycles. The largest absolute Gasteiger partial charge is 0.457 e. The van der Waals surface area contributed by atoms with Crippen LogP contribution in [0.3, 0.4) is 0 Å². The lowest BCUT2D eigenvalue weighted by molar-refractivity contribution is -0.142. The molecule has 2 amide bonds. The molecule has 10 heteroatoms. The van der Waals surface area contributed by atoms with Crippen LogP contribution in [0.4, 0.5) is 10.1 Å². The zero-order chi connectivity index (χ0) is 31.2. The van der Waals surface area contributed by atoms with Crippen molar-refractivity contribution in [1.29, 1.82) is 0 Å². The Kier molecular flexibility index (Phi) is 11.0. The number of rotatable bonds is 11. The molecule has 3 aliphatic rings. The van der Waals surface area contributed by atoms with Gasteiger partial charge in [-0.3, -0.25) is 14.0 Å². The van der Waals surface area contributed by atoms with E-state index in [1.54, 1.807) is 38.3 Å². The zero-order valence-electron chi connectivity index (χ0n) is 26.1. The van der Waals surface area contributed by atoms with Crippen molar-refractivity contribution in [2.24, 2.45) is 29.4 Å². The van der Waals surface area contributed by atoms with Crippen LogP contribution in [0.1, 0.15) is 88.1 Å². The smallest absolute Gasteiger partial charge is 0.374 e. The number of nitrogens with two attached hydrogens (primary N) is 1. The fourth-order valence-electron chi connectivity index (χ4n) is 7.62. The van der Waals surface area contributed by atoms with Gasteiger partial charge in [-0.05, 0) is 87.5 Å². The summed E-state index contributed by atoms with van der Waals surface area (Å²) in [6, 6.07) is 6.18. The van der Waals surface area contributed by atoms with Crippen LogP contribution in [0.25, 0.3) is 11.0 Å². The van der Waals surface area contributed by atoms with Crippen LogP contribution >= 0.6 is 0 Å². The first-order valence-corrected chi connectivity index (χ1v) is 16.5. The van der Waals surface area contributed by atoms with Crippen molar-refractivity contribution in [2.75, 3.05) is 32.3 Å². The maximum atomic E-state index is 14.0. The van der Waals surface area contributed by atoms with Gasteiger partial charge >= 0.3 is 5.97 Å². The maximum absolute atomic E-state index is 14.0. The summed E-state index contributed by atoms with van der Waals surface area (Å²) >= 11 is 0. The van der Waals surface area contributed by atoms with Gasteiger partial charge in [0.05, 0.1) is 12.8 Å². The third kappa shape index (κ3) is 7.45. The average molecular weight is 614 g/mol. The highest BCUT2D eigenvalue weighted by atomic mass is 19.1. The molecule has 44 heavy (non-hydrogen) atoms. The molecule has 0 bridgehead atoms. The van der Waals surface area contributed by atoms with E-state index in [0.717, 1.165) is 44.9 Å². The normalized spacial score (nSPS) is 26.0. The van der Waals surface area contributed by atoms with Crippen LogP contribution in [0, 0.1) is 23.7 Å². The van der Waals surface area contributed by atoms with Gasteiger partial charge in [0, 0.05) is 36.7 Å². The molecule has 3 fully saturated rings. The van der Waals surface area contributed by atoms with Crippen LogP contribution in [0.15, 0.2) is 28.7 Å². The van der Waals surface area contributed by atoms with Gasteiger partial charge < -0.3 is 29.8 Å². The Balaban J connectivity index is 1.29. The summed E-state index contributed by atoms with van der Waals surface area (Å²) < 4.78 is 28.9. The van der Waals surface area contributed by atoms with Crippen molar-refractivity contribution in [3.05, 3.63) is 30.0 Å². The first-order chi connectivity index (χ1) is 21.3. The zero-order valence-corrected chi connectivity index (χ0v) is 26.1. The molecular weight excluding hydrogens is 565 g/mol. The first-order valence-electron chi connectivity index (χ1n) is 16.5. The summed E-state index contributed by atoms with van der Waals surface area (Å²) in [5, 5.41) is 3.76. The van der Waals surface area contributed by atoms with Gasteiger partial charge in [0.15, 0.2) is 0 Å². The lowest BCUT2D eigenvalue weighted by Gasteiger charge is -2.37. The number of likely N-dealkylation sites (tertiary alicyclic amines) is 1. The second-order valence-corrected chi connectivity index (χ2v) is 13.1. The monoisotopic (exact) mass is 613 g/mol. The Morgan fingerprint density at radius 2 is 1.82 bits per heavy atom. The summed E-state index contributed by atoms with van der Waals surface area (Å²) in [5.41, 5.74) is 7.29. The number of alkyl halides is 1. The number of nitrogens with one attached hydrogen (secondary N) is 1. The molecule has 9 nitrogen and oxygen atoms in total. The highest BCUT2D eigenvalue weighted by Crippen LogP contribution is 2.41. The molecular formula is C34H48FN3O6. The molecule has 1 saturated heterocycles. The molecule has 242 valence electrons. The number of hydrogen-bond donors (Lipinski definition) is 2. The minimum Gasteiger partial charge on any atom is -0.457 e. The van der Waals surface area contributed by atoms with Crippen molar-refractivity contribution in [1.82, 2.24) is 4.90 Å². The van der Waals surface area contributed by atoms with Crippen molar-refractivity contribution < 1.29 is 32.7 Å². The molecule has 0 radical (unpaired) electrons. The van der Waals surface area contributed by atoms with Crippen LogP contribution in [-0.2, 0) is 19.1 Å². The molecule has 1 aliphatic heterocycles. The third-order valence-corrected chi connectivity index (χ3v) is 10.3. The van der Waals surface area contributed by atoms with E-state index in [2.05, 4.69) is 5.32 Å². The van der Waals surface area contributed by atoms with Crippen molar-refractivity contribution in [3.63, 3.8) is 0 Å². The number of fused-ring (bicyclic) bond motifs is 1. The Morgan fingerprint density at radius 1 is 1.07 bits per heavy atom. The lowest BCUT2D eigenvalue weighted by Crippen LogP contribution is -2.50. The molecule has 2 aliphatic carbocycles. The Morgan fingerprint density at radius 3 is 2.52 bits per heavy atom. The highest BCUT2D eigenvalue weighted by Gasteiger charge is 2.47. The molecule has 1 aromatic heterocycles. The molecule has 4 atom stereocenters. The number of nitrogens with zero attached hydrogens (tertiary/aromatic N) is 1. The van der Waals surface area contributed by atoms with E-state index < -0.39 is 18.7 Å². The number of hydrogen-bond acceptors (Lipinski definition) is 7. The number of methoxy groups -OCH3 is 1. The van der Waals surface area contributed by atoms with Crippen LogP contribution < -0.4 is 11.1 Å². The third-order valence-electron chi connectivity index (χ3n) is 10.3. The van der Waals surface area contributed by atoms with Crippen molar-refractivity contribution in [3.8, 4) is 0 Å². The number of anilines is 1. The number of halogens is 1. The van der Waals surface area contributed by atoms with Crippen LogP contribution in [0.2, 0.25) is 0 Å². The number of benzene rings is 1. The minimum absolute atomic E-state index is 0.0669. The minimum atomic E-state index is -0.579. The fourth-order valence-corrected chi connectivity index (χ4v) is 7.62. The Bertz CT molecular complexity index is 1290. The number of ether oxygens (including phenoxy) is 2. The van der Waals surface area contributed by atoms with E-state index >= 15 is 0 Å². The Hall–Kier alpha value is -2.98. The predicted molar refractivity (Wildman–Crippen MR) is 166 cm³/mol. The summed E-state index contributed by atoms with van der Waals surface area (Å²) in [5.74, 6) is 0.0765. The second kappa shape index (κ2) is 14.9. The van der Waals surface area contributed by atoms with Crippen molar-refractivity contribution in [2.45, 2.75) is 95.7 Å². The number of furan rings is 1. The van der Waals surface area contributed by atoms with E-state index in [1.165, 1.54) is 19.3 Å². The number of amides is 2. The van der Waals surface area contributed by atoms with Gasteiger partial charge in [0.1, 0.15) is 18.2 Å². The first kappa shape index (κ1) is 32.4. The molecule has 5 rings (SSSR count). The number of esters is 1. The molecule has 2 heterocycles. The summed E-state index contributed by atoms with van der Waals surface area (Å²) in [6.07, 6.45) is 9.81. The van der Waals surface area contributed by atoms with Gasteiger partial charge in [-0.25, -0.2) is 4.79 Å². The second-order valence-electron chi connectivity index (χ2n) is 13.1. The summed E-state index contributed by atoms with van der Waals surface area (Å²) in [7, 11) is 1.55. The quantitative estimate of drug-likeness (QED) is 0.305. The average Bonchev–Trinajstić information content (AvgIpc) is 3.69. The predicted octanol–water partition coefficient (Wildman–Crippen LogP) is 5.85. The fraction of sp³-hybridized carbons (Fsp3) is 0.676. The molecule has 2 aromatic rings. The van der Waals surface area contributed by atoms with E-state index in [0.29, 0.717) is 35.5 Å². The van der Waals surface area contributed by atoms with Gasteiger partial charge in [-0.1, -0.05) is 32.1 Å². The molecule has 1 aromatic carbocycles. The molecule has 3 N–H and O–H groups in total. The van der Waals surface area contributed by atoms with Crippen LogP contribution in [0.5, 0.6) is 0 Å². The topological polar surface area (TPSA) is 124 Å². The van der Waals surface area contributed by atoms with E-state index in [-0.39, 0.29) is 54.1 Å². The van der Waals surface area contributed by atoms with E-state index in [4.69, 9.17) is 19.6 Å². The van der Waals surface area contributed by atoms with Crippen LogP contribution in [-0.4, -0.2) is 67.8 Å². The lowest BCUT2D eigenvalue weighted by atomic mass is 9.76. The van der Waals surface area contributed by atoms with Gasteiger partial charge in [-0.2, -0.15) is 0 Å².